The summed E-state index contributed by atoms with van der Waals surface area (Å²) in [4.78, 5) is 12.3. The summed E-state index contributed by atoms with van der Waals surface area (Å²) in [5.41, 5.74) is 0. The zero-order valence-electron chi connectivity index (χ0n) is 15.8. The Bertz CT molecular complexity index is 799. The van der Waals surface area contributed by atoms with Gasteiger partial charge in [0.25, 0.3) is 0 Å². The van der Waals surface area contributed by atoms with Gasteiger partial charge >= 0.3 is 6.09 Å². The summed E-state index contributed by atoms with van der Waals surface area (Å²) in [5, 5.41) is 8.99. The van der Waals surface area contributed by atoms with Crippen molar-refractivity contribution >= 4 is 15.9 Å². The molecule has 1 N–H and O–H groups in total. The number of hydrogen-bond acceptors (Lipinski definition) is 5. The number of piperidine rings is 1. The molecule has 2 fully saturated rings. The molecule has 0 spiro atoms. The first-order chi connectivity index (χ1) is 13.2. The molecule has 1 heterocycles. The predicted molar refractivity (Wildman–Crippen MR) is 99.9 cm³/mol. The fourth-order valence-electron chi connectivity index (χ4n) is 3.73. The maximum atomic E-state index is 14.1. The van der Waals surface area contributed by atoms with Crippen LogP contribution in [0.25, 0.3) is 0 Å². The van der Waals surface area contributed by atoms with Crippen LogP contribution in [0.15, 0.2) is 23.1 Å². The molecule has 2 aliphatic rings. The highest BCUT2D eigenvalue weighted by Gasteiger charge is 2.29. The number of carbonyl (C=O) groups is 1. The van der Waals surface area contributed by atoms with E-state index < -0.39 is 21.7 Å². The van der Waals surface area contributed by atoms with Crippen LogP contribution in [-0.4, -0.2) is 62.2 Å². The van der Waals surface area contributed by atoms with Gasteiger partial charge in [-0.2, -0.15) is 0 Å². The normalized spacial score (nSPS) is 24.1. The summed E-state index contributed by atoms with van der Waals surface area (Å²) in [6.45, 7) is 1.00. The molecule has 3 rings (SSSR count). The van der Waals surface area contributed by atoms with Crippen molar-refractivity contribution in [3.8, 4) is 5.75 Å². The molecular formula is C19H26FNO6S. The lowest BCUT2D eigenvalue weighted by molar-refractivity contribution is -0.0643. The van der Waals surface area contributed by atoms with E-state index in [0.717, 1.165) is 38.0 Å². The Labute approximate surface area is 164 Å². The molecule has 0 atom stereocenters. The van der Waals surface area contributed by atoms with Crippen LogP contribution in [0, 0.1) is 5.82 Å². The highest BCUT2D eigenvalue weighted by molar-refractivity contribution is 7.90. The molecule has 0 unspecified atom stereocenters. The van der Waals surface area contributed by atoms with E-state index in [2.05, 4.69) is 0 Å². The molecule has 0 aromatic heterocycles. The van der Waals surface area contributed by atoms with Crippen molar-refractivity contribution in [3.63, 3.8) is 0 Å². The first-order valence-electron chi connectivity index (χ1n) is 9.52. The predicted octanol–water partition coefficient (Wildman–Crippen LogP) is 3.08. The van der Waals surface area contributed by atoms with Crippen LogP contribution in [0.3, 0.4) is 0 Å². The lowest BCUT2D eigenvalue weighted by Gasteiger charge is -2.35. The van der Waals surface area contributed by atoms with Crippen LogP contribution < -0.4 is 4.74 Å². The van der Waals surface area contributed by atoms with Crippen molar-refractivity contribution in [1.29, 1.82) is 0 Å². The minimum absolute atomic E-state index is 0.0663. The van der Waals surface area contributed by atoms with Crippen LogP contribution in [0.5, 0.6) is 5.75 Å². The Kier molecular flexibility index (Phi) is 6.44. The molecule has 1 aliphatic heterocycles. The van der Waals surface area contributed by atoms with Gasteiger partial charge in [-0.25, -0.2) is 17.6 Å². The number of likely N-dealkylation sites (tertiary alicyclic amines) is 1. The standard InChI is InChI=1S/C19H26FNO6S/c1-28(24,25)16-6-7-18(17(20)12-16)27-14-4-2-13(3-5-14)26-15-8-10-21(11-9-15)19(22)23/h6-7,12-15H,2-5,8-11H2,1H3,(H,22,23). The molecule has 9 heteroatoms. The topological polar surface area (TPSA) is 93.1 Å². The van der Waals surface area contributed by atoms with Crippen molar-refractivity contribution in [3.05, 3.63) is 24.0 Å². The Morgan fingerprint density at radius 1 is 1.07 bits per heavy atom. The summed E-state index contributed by atoms with van der Waals surface area (Å²) in [6.07, 6.45) is 4.69. The third-order valence-electron chi connectivity index (χ3n) is 5.34. The summed E-state index contributed by atoms with van der Waals surface area (Å²) in [7, 11) is -3.45. The highest BCUT2D eigenvalue weighted by Crippen LogP contribution is 2.29. The van der Waals surface area contributed by atoms with E-state index in [0.29, 0.717) is 25.9 Å². The molecule has 156 valence electrons. The molecule has 1 aromatic rings. The van der Waals surface area contributed by atoms with Crippen molar-refractivity contribution < 1.29 is 32.2 Å². The number of sulfone groups is 1. The minimum Gasteiger partial charge on any atom is -0.487 e. The van der Waals surface area contributed by atoms with Crippen molar-refractivity contribution in [1.82, 2.24) is 4.90 Å². The van der Waals surface area contributed by atoms with E-state index in [1.54, 1.807) is 0 Å². The number of amides is 1. The van der Waals surface area contributed by atoms with Gasteiger partial charge in [-0.3, -0.25) is 0 Å². The molecule has 0 radical (unpaired) electrons. The lowest BCUT2D eigenvalue weighted by Crippen LogP contribution is -2.41. The first kappa shape index (κ1) is 20.9. The summed E-state index contributed by atoms with van der Waals surface area (Å²) in [6, 6.07) is 3.71. The number of nitrogens with zero attached hydrogens (tertiary/aromatic N) is 1. The molecule has 28 heavy (non-hydrogen) atoms. The number of carboxylic acid groups (broad SMARTS) is 1. The number of rotatable bonds is 5. The van der Waals surface area contributed by atoms with Gasteiger partial charge in [0.15, 0.2) is 21.4 Å². The second-order valence-electron chi connectivity index (χ2n) is 7.49. The Balaban J connectivity index is 1.45. The minimum atomic E-state index is -3.45. The van der Waals surface area contributed by atoms with Gasteiger partial charge in [0.2, 0.25) is 0 Å². The van der Waals surface area contributed by atoms with Crippen LogP contribution in [0.1, 0.15) is 38.5 Å². The Hall–Kier alpha value is -1.87. The fraction of sp³-hybridized carbons (Fsp3) is 0.632. The van der Waals surface area contributed by atoms with Crippen LogP contribution in [-0.2, 0) is 14.6 Å². The van der Waals surface area contributed by atoms with Crippen LogP contribution in [0.4, 0.5) is 9.18 Å². The van der Waals surface area contributed by atoms with Gasteiger partial charge in [0, 0.05) is 19.3 Å². The second-order valence-corrected chi connectivity index (χ2v) is 9.50. The largest absolute Gasteiger partial charge is 0.487 e. The van der Waals surface area contributed by atoms with Gasteiger partial charge in [-0.05, 0) is 56.7 Å². The van der Waals surface area contributed by atoms with E-state index in [-0.39, 0.29) is 29.0 Å². The second kappa shape index (κ2) is 8.65. The molecule has 1 saturated carbocycles. The molecule has 7 nitrogen and oxygen atoms in total. The smallest absolute Gasteiger partial charge is 0.407 e. The molecule has 1 saturated heterocycles. The average molecular weight is 415 g/mol. The van der Waals surface area contributed by atoms with Gasteiger partial charge in [0.05, 0.1) is 23.2 Å². The van der Waals surface area contributed by atoms with E-state index in [4.69, 9.17) is 14.6 Å². The summed E-state index contributed by atoms with van der Waals surface area (Å²) < 4.78 is 49.0. The van der Waals surface area contributed by atoms with Crippen molar-refractivity contribution in [2.24, 2.45) is 0 Å². The monoisotopic (exact) mass is 415 g/mol. The van der Waals surface area contributed by atoms with E-state index >= 15 is 0 Å². The summed E-state index contributed by atoms with van der Waals surface area (Å²) >= 11 is 0. The fourth-order valence-corrected chi connectivity index (χ4v) is 4.36. The van der Waals surface area contributed by atoms with Crippen molar-refractivity contribution in [2.45, 2.75) is 61.7 Å². The first-order valence-corrected chi connectivity index (χ1v) is 11.4. The average Bonchev–Trinajstić information content (AvgIpc) is 2.64. The SMILES string of the molecule is CS(=O)(=O)c1ccc(OC2CCC(OC3CCN(C(=O)O)CC3)CC2)c(F)c1. The maximum absolute atomic E-state index is 14.1. The number of halogens is 1. The highest BCUT2D eigenvalue weighted by atomic mass is 32.2. The Morgan fingerprint density at radius 2 is 1.64 bits per heavy atom. The van der Waals surface area contributed by atoms with Crippen LogP contribution >= 0.6 is 0 Å². The third-order valence-corrected chi connectivity index (χ3v) is 6.45. The van der Waals surface area contributed by atoms with E-state index in [1.165, 1.54) is 17.0 Å². The zero-order valence-corrected chi connectivity index (χ0v) is 16.7. The van der Waals surface area contributed by atoms with Gasteiger partial charge < -0.3 is 19.5 Å². The maximum Gasteiger partial charge on any atom is 0.407 e. The third kappa shape index (κ3) is 5.35. The molecule has 1 aromatic carbocycles. The number of benzene rings is 1. The van der Waals surface area contributed by atoms with E-state index in [1.807, 2.05) is 0 Å². The molecule has 1 amide bonds. The Morgan fingerprint density at radius 3 is 2.18 bits per heavy atom. The summed E-state index contributed by atoms with van der Waals surface area (Å²) in [5.74, 6) is -0.607. The van der Waals surface area contributed by atoms with Crippen LogP contribution in [0.2, 0.25) is 0 Å². The van der Waals surface area contributed by atoms with Crippen molar-refractivity contribution in [2.75, 3.05) is 19.3 Å². The quantitative estimate of drug-likeness (QED) is 0.794. The molecular weight excluding hydrogens is 389 g/mol. The van der Waals surface area contributed by atoms with E-state index in [9.17, 15) is 17.6 Å². The lowest BCUT2D eigenvalue weighted by atomic mass is 9.94. The van der Waals surface area contributed by atoms with Gasteiger partial charge in [0.1, 0.15) is 0 Å². The molecule has 0 bridgehead atoms. The number of hydrogen-bond donors (Lipinski definition) is 1. The zero-order chi connectivity index (χ0) is 20.3. The van der Waals surface area contributed by atoms with Gasteiger partial charge in [-0.15, -0.1) is 0 Å². The number of ether oxygens (including phenoxy) is 2. The molecule has 1 aliphatic carbocycles. The van der Waals surface area contributed by atoms with Gasteiger partial charge in [-0.1, -0.05) is 0 Å².